The van der Waals surface area contributed by atoms with E-state index in [1.165, 1.54) is 0 Å². The maximum absolute atomic E-state index is 8.92. The molecule has 0 aromatic carbocycles. The van der Waals surface area contributed by atoms with Crippen LogP contribution < -0.4 is 0 Å². The first kappa shape index (κ1) is 15.8. The highest BCUT2D eigenvalue weighted by Crippen LogP contribution is 2.05. The van der Waals surface area contributed by atoms with Gasteiger partial charge in [-0.3, -0.25) is 0 Å². The summed E-state index contributed by atoms with van der Waals surface area (Å²) < 4.78 is 15.9. The minimum Gasteiger partial charge on any atom is -0.394 e. The topological polar surface area (TPSA) is 68.2 Å². The maximum atomic E-state index is 8.92. The Kier molecular flexibility index (Phi) is 8.78. The number of aliphatic hydroxyl groups is 2. The Morgan fingerprint density at radius 3 is 2.25 bits per heavy atom. The zero-order valence-electron chi connectivity index (χ0n) is 10.4. The van der Waals surface area contributed by atoms with Gasteiger partial charge in [-0.25, -0.2) is 0 Å². The number of aliphatic hydroxyl groups excluding tert-OH is 2. The van der Waals surface area contributed by atoms with Gasteiger partial charge in [-0.2, -0.15) is 0 Å². The summed E-state index contributed by atoms with van der Waals surface area (Å²) in [6.45, 7) is 7.29. The van der Waals surface area contributed by atoms with Crippen molar-refractivity contribution in [1.29, 1.82) is 0 Å². The van der Waals surface area contributed by atoms with Crippen LogP contribution in [-0.4, -0.2) is 61.6 Å². The molecule has 0 fully saturated rings. The van der Waals surface area contributed by atoms with E-state index in [9.17, 15) is 0 Å². The summed E-state index contributed by atoms with van der Waals surface area (Å²) >= 11 is 0. The van der Waals surface area contributed by atoms with Gasteiger partial charge >= 0.3 is 0 Å². The second-order valence-corrected chi connectivity index (χ2v) is 4.43. The summed E-state index contributed by atoms with van der Waals surface area (Å²) in [6.07, 6.45) is -0.373. The number of ether oxygens (including phenoxy) is 3. The first-order chi connectivity index (χ1) is 7.49. The number of rotatable bonds is 9. The lowest BCUT2D eigenvalue weighted by Crippen LogP contribution is -2.27. The molecule has 0 heterocycles. The van der Waals surface area contributed by atoms with E-state index in [0.717, 1.165) is 0 Å². The van der Waals surface area contributed by atoms with Gasteiger partial charge in [0.25, 0.3) is 0 Å². The molecule has 0 aliphatic rings. The average molecular weight is 236 g/mol. The molecule has 0 aromatic rings. The lowest BCUT2D eigenvalue weighted by atomic mass is 10.2. The molecule has 0 saturated carbocycles. The van der Waals surface area contributed by atoms with Crippen LogP contribution in [0.2, 0.25) is 0 Å². The molecule has 5 heteroatoms. The molecule has 0 aliphatic carbocycles. The Balaban J connectivity index is 3.41. The average Bonchev–Trinajstić information content (AvgIpc) is 2.20. The second kappa shape index (κ2) is 8.90. The van der Waals surface area contributed by atoms with Crippen LogP contribution in [0.15, 0.2) is 0 Å². The van der Waals surface area contributed by atoms with Crippen molar-refractivity contribution < 1.29 is 24.4 Å². The Morgan fingerprint density at radius 1 is 1.06 bits per heavy atom. The van der Waals surface area contributed by atoms with E-state index in [4.69, 9.17) is 24.4 Å². The molecule has 2 N–H and O–H groups in total. The highest BCUT2D eigenvalue weighted by molar-refractivity contribution is 4.58. The molecule has 0 radical (unpaired) electrons. The fraction of sp³-hybridized carbons (Fsp3) is 1.00. The fourth-order valence-electron chi connectivity index (χ4n) is 0.994. The van der Waals surface area contributed by atoms with E-state index in [1.807, 2.05) is 20.8 Å². The molecule has 5 nitrogen and oxygen atoms in total. The smallest absolute Gasteiger partial charge is 0.104 e. The Morgan fingerprint density at radius 2 is 1.75 bits per heavy atom. The lowest BCUT2D eigenvalue weighted by Gasteiger charge is -2.20. The van der Waals surface area contributed by atoms with Crippen molar-refractivity contribution in [2.24, 2.45) is 0 Å². The third-order valence-corrected chi connectivity index (χ3v) is 1.71. The van der Waals surface area contributed by atoms with E-state index in [-0.39, 0.29) is 31.5 Å². The third kappa shape index (κ3) is 10.3. The Hall–Kier alpha value is -0.200. The van der Waals surface area contributed by atoms with Crippen molar-refractivity contribution in [2.75, 3.05) is 39.6 Å². The summed E-state index contributed by atoms with van der Waals surface area (Å²) in [5.74, 6) is 0. The number of hydrogen-bond acceptors (Lipinski definition) is 5. The maximum Gasteiger partial charge on any atom is 0.104 e. The molecule has 98 valence electrons. The molecular formula is C11H24O5. The van der Waals surface area contributed by atoms with E-state index in [1.54, 1.807) is 0 Å². The molecule has 1 unspecified atom stereocenters. The first-order valence-electron chi connectivity index (χ1n) is 5.54. The van der Waals surface area contributed by atoms with Gasteiger partial charge in [-0.05, 0) is 20.8 Å². The van der Waals surface area contributed by atoms with Gasteiger partial charge in [0.05, 0.1) is 45.2 Å². The summed E-state index contributed by atoms with van der Waals surface area (Å²) in [4.78, 5) is 0. The van der Waals surface area contributed by atoms with Crippen LogP contribution in [0.4, 0.5) is 0 Å². The predicted octanol–water partition coefficient (Wildman–Crippen LogP) is 0.188. The van der Waals surface area contributed by atoms with Gasteiger partial charge in [0.1, 0.15) is 6.10 Å². The van der Waals surface area contributed by atoms with Gasteiger partial charge in [-0.15, -0.1) is 0 Å². The van der Waals surface area contributed by atoms with Crippen LogP contribution in [-0.2, 0) is 14.2 Å². The van der Waals surface area contributed by atoms with E-state index >= 15 is 0 Å². The minimum absolute atomic E-state index is 0.0519. The normalized spacial score (nSPS) is 14.1. The minimum atomic E-state index is -0.373. The van der Waals surface area contributed by atoms with Crippen molar-refractivity contribution in [3.8, 4) is 0 Å². The SMILES string of the molecule is CC(C)(C)OCCOCC(CO)OCCO. The lowest BCUT2D eigenvalue weighted by molar-refractivity contribution is -0.0746. The van der Waals surface area contributed by atoms with Crippen molar-refractivity contribution in [1.82, 2.24) is 0 Å². The van der Waals surface area contributed by atoms with E-state index in [2.05, 4.69) is 0 Å². The zero-order chi connectivity index (χ0) is 12.4. The van der Waals surface area contributed by atoms with Crippen LogP contribution in [0.1, 0.15) is 20.8 Å². The van der Waals surface area contributed by atoms with Crippen molar-refractivity contribution >= 4 is 0 Å². The highest BCUT2D eigenvalue weighted by Gasteiger charge is 2.10. The molecule has 0 amide bonds. The van der Waals surface area contributed by atoms with E-state index in [0.29, 0.717) is 19.8 Å². The summed E-state index contributed by atoms with van der Waals surface area (Å²) in [5, 5.41) is 17.5. The standard InChI is InChI=1S/C11H24O5/c1-11(2,3)16-7-6-14-9-10(8-13)15-5-4-12/h10,12-13H,4-9H2,1-3H3. The molecule has 0 aliphatic heterocycles. The highest BCUT2D eigenvalue weighted by atomic mass is 16.6. The van der Waals surface area contributed by atoms with Crippen molar-refractivity contribution in [2.45, 2.75) is 32.5 Å². The van der Waals surface area contributed by atoms with Crippen molar-refractivity contribution in [3.05, 3.63) is 0 Å². The number of hydrogen-bond donors (Lipinski definition) is 2. The quantitative estimate of drug-likeness (QED) is 0.559. The van der Waals surface area contributed by atoms with Gasteiger partial charge in [0.2, 0.25) is 0 Å². The predicted molar refractivity (Wildman–Crippen MR) is 60.4 cm³/mol. The van der Waals surface area contributed by atoms with E-state index < -0.39 is 0 Å². The Bertz CT molecular complexity index is 155. The van der Waals surface area contributed by atoms with Gasteiger partial charge < -0.3 is 24.4 Å². The molecule has 1 atom stereocenters. The fourth-order valence-corrected chi connectivity index (χ4v) is 0.994. The third-order valence-electron chi connectivity index (χ3n) is 1.71. The summed E-state index contributed by atoms with van der Waals surface area (Å²) in [7, 11) is 0. The van der Waals surface area contributed by atoms with Crippen LogP contribution in [0, 0.1) is 0 Å². The van der Waals surface area contributed by atoms with Gasteiger partial charge in [0, 0.05) is 0 Å². The summed E-state index contributed by atoms with van der Waals surface area (Å²) in [5.41, 5.74) is -0.160. The Labute approximate surface area is 97.3 Å². The van der Waals surface area contributed by atoms with Crippen LogP contribution >= 0.6 is 0 Å². The van der Waals surface area contributed by atoms with Gasteiger partial charge in [-0.1, -0.05) is 0 Å². The molecule has 16 heavy (non-hydrogen) atoms. The van der Waals surface area contributed by atoms with Crippen molar-refractivity contribution in [3.63, 3.8) is 0 Å². The molecule has 0 saturated heterocycles. The molecular weight excluding hydrogens is 212 g/mol. The molecule has 0 aromatic heterocycles. The molecule has 0 rings (SSSR count). The van der Waals surface area contributed by atoms with Crippen LogP contribution in [0.5, 0.6) is 0 Å². The largest absolute Gasteiger partial charge is 0.394 e. The first-order valence-corrected chi connectivity index (χ1v) is 5.54. The molecule has 0 bridgehead atoms. The monoisotopic (exact) mass is 236 g/mol. The van der Waals surface area contributed by atoms with Crippen LogP contribution in [0.25, 0.3) is 0 Å². The summed E-state index contributed by atoms with van der Waals surface area (Å²) in [6, 6.07) is 0. The zero-order valence-corrected chi connectivity index (χ0v) is 10.4. The van der Waals surface area contributed by atoms with Crippen LogP contribution in [0.3, 0.4) is 0 Å². The second-order valence-electron chi connectivity index (χ2n) is 4.43. The molecule has 0 spiro atoms. The van der Waals surface area contributed by atoms with Gasteiger partial charge in [0.15, 0.2) is 0 Å².